The summed E-state index contributed by atoms with van der Waals surface area (Å²) >= 11 is 0. The zero-order valence-electron chi connectivity index (χ0n) is 18.6. The van der Waals surface area contributed by atoms with Gasteiger partial charge >= 0.3 is 0 Å². The van der Waals surface area contributed by atoms with Gasteiger partial charge in [-0.05, 0) is 75.4 Å². The minimum absolute atomic E-state index is 0.0640. The highest BCUT2D eigenvalue weighted by atomic mass is 32.2. The summed E-state index contributed by atoms with van der Waals surface area (Å²) in [5, 5.41) is 2.91. The normalized spacial score (nSPS) is 21.8. The quantitative estimate of drug-likeness (QED) is 0.711. The molecule has 5 rings (SSSR count). The molecule has 6 nitrogen and oxygen atoms in total. The first-order valence-corrected chi connectivity index (χ1v) is 12.8. The molecule has 1 saturated carbocycles. The van der Waals surface area contributed by atoms with E-state index in [0.29, 0.717) is 30.9 Å². The molecule has 0 aromatic heterocycles. The average molecular weight is 452 g/mol. The van der Waals surface area contributed by atoms with Crippen molar-refractivity contribution in [3.63, 3.8) is 0 Å². The van der Waals surface area contributed by atoms with E-state index in [4.69, 9.17) is 0 Å². The van der Waals surface area contributed by atoms with Crippen molar-refractivity contribution in [2.75, 3.05) is 29.9 Å². The van der Waals surface area contributed by atoms with Crippen LogP contribution in [0.15, 0.2) is 52.9 Å². The zero-order valence-corrected chi connectivity index (χ0v) is 19.4. The summed E-state index contributed by atoms with van der Waals surface area (Å²) < 4.78 is 28.6. The van der Waals surface area contributed by atoms with Crippen LogP contribution in [0.2, 0.25) is 0 Å². The number of nitrogens with zero attached hydrogens (tertiary/aromatic N) is 2. The Bertz CT molecular complexity index is 1210. The minimum atomic E-state index is -3.65. The fourth-order valence-corrected chi connectivity index (χ4v) is 6.73. The molecule has 0 radical (unpaired) electrons. The zero-order chi connectivity index (χ0) is 22.5. The molecule has 1 amide bonds. The van der Waals surface area contributed by atoms with Gasteiger partial charge in [-0.25, -0.2) is 8.42 Å². The number of hydrogen-bond donors (Lipinski definition) is 1. The molecule has 32 heavy (non-hydrogen) atoms. The van der Waals surface area contributed by atoms with E-state index >= 15 is 0 Å². The highest BCUT2D eigenvalue weighted by Crippen LogP contribution is 2.40. The van der Waals surface area contributed by atoms with E-state index in [1.165, 1.54) is 5.56 Å². The third-order valence-corrected chi connectivity index (χ3v) is 8.72. The van der Waals surface area contributed by atoms with Crippen molar-refractivity contribution >= 4 is 32.9 Å². The van der Waals surface area contributed by atoms with Gasteiger partial charge < -0.3 is 10.2 Å². The van der Waals surface area contributed by atoms with Gasteiger partial charge in [0.05, 0.1) is 4.90 Å². The number of benzene rings is 2. The maximum atomic E-state index is 13.5. The van der Waals surface area contributed by atoms with Gasteiger partial charge in [-0.15, -0.1) is 0 Å². The number of anilines is 2. The first-order chi connectivity index (χ1) is 15.3. The third kappa shape index (κ3) is 3.63. The summed E-state index contributed by atoms with van der Waals surface area (Å²) in [5.74, 6) is -0.105. The Morgan fingerprint density at radius 2 is 1.81 bits per heavy atom. The minimum Gasteiger partial charge on any atom is -0.366 e. The molecule has 3 aliphatic rings. The Morgan fingerprint density at radius 3 is 2.53 bits per heavy atom. The molecule has 0 bridgehead atoms. The van der Waals surface area contributed by atoms with E-state index < -0.39 is 10.0 Å². The fourth-order valence-electron chi connectivity index (χ4n) is 5.19. The largest absolute Gasteiger partial charge is 0.366 e. The molecule has 2 fully saturated rings. The van der Waals surface area contributed by atoms with Crippen LogP contribution >= 0.6 is 0 Å². The number of sulfonamides is 1. The van der Waals surface area contributed by atoms with Gasteiger partial charge in [0.15, 0.2) is 0 Å². The fraction of sp³-hybridized carbons (Fsp3) is 0.400. The Hall–Kier alpha value is -2.64. The lowest BCUT2D eigenvalue weighted by Crippen LogP contribution is -2.53. The van der Waals surface area contributed by atoms with Crippen molar-refractivity contribution in [2.45, 2.75) is 50.5 Å². The molecule has 0 spiro atoms. The van der Waals surface area contributed by atoms with E-state index in [9.17, 15) is 13.2 Å². The monoisotopic (exact) mass is 451 g/mol. The van der Waals surface area contributed by atoms with Crippen LogP contribution in [0.3, 0.4) is 0 Å². The van der Waals surface area contributed by atoms with Crippen LogP contribution in [0.1, 0.15) is 43.7 Å². The predicted octanol–water partition coefficient (Wildman–Crippen LogP) is 4.17. The van der Waals surface area contributed by atoms with Crippen LogP contribution in [-0.4, -0.2) is 44.3 Å². The summed E-state index contributed by atoms with van der Waals surface area (Å²) in [6.45, 7) is 5.64. The summed E-state index contributed by atoms with van der Waals surface area (Å²) in [6.07, 6.45) is 4.00. The molecule has 168 valence electrons. The molecular formula is C25H29N3O3S. The van der Waals surface area contributed by atoms with Gasteiger partial charge in [0.25, 0.3) is 5.91 Å². The lowest BCUT2D eigenvalue weighted by molar-refractivity contribution is -0.110. The SMILES string of the molecule is Cc1cccc(N2CCN(S(=O)(=O)c3ccc4c(c3)C(=C3CCCC3)C(=O)N4)CC2C)c1. The van der Waals surface area contributed by atoms with Crippen LogP contribution in [0.5, 0.6) is 0 Å². The lowest BCUT2D eigenvalue weighted by atomic mass is 10.00. The van der Waals surface area contributed by atoms with E-state index in [1.54, 1.807) is 22.5 Å². The maximum Gasteiger partial charge on any atom is 0.256 e. The molecule has 1 saturated heterocycles. The van der Waals surface area contributed by atoms with Gasteiger partial charge in [0, 0.05) is 48.2 Å². The second kappa shape index (κ2) is 8.05. The molecule has 2 aromatic rings. The van der Waals surface area contributed by atoms with Crippen molar-refractivity contribution in [2.24, 2.45) is 0 Å². The van der Waals surface area contributed by atoms with Gasteiger partial charge in [-0.2, -0.15) is 4.31 Å². The van der Waals surface area contributed by atoms with Gasteiger partial charge in [-0.3, -0.25) is 4.79 Å². The molecule has 2 aliphatic heterocycles. The molecule has 1 unspecified atom stereocenters. The summed E-state index contributed by atoms with van der Waals surface area (Å²) in [5.41, 5.74) is 5.60. The molecule has 1 aliphatic carbocycles. The number of carbonyl (C=O) groups excluding carboxylic acids is 1. The van der Waals surface area contributed by atoms with E-state index in [0.717, 1.165) is 42.5 Å². The number of piperazine rings is 1. The molecular weight excluding hydrogens is 422 g/mol. The van der Waals surface area contributed by atoms with Crippen LogP contribution in [0.25, 0.3) is 5.57 Å². The number of fused-ring (bicyclic) bond motifs is 1. The van der Waals surface area contributed by atoms with E-state index in [-0.39, 0.29) is 16.8 Å². The number of amides is 1. The third-order valence-electron chi connectivity index (χ3n) is 6.86. The highest BCUT2D eigenvalue weighted by Gasteiger charge is 2.35. The smallest absolute Gasteiger partial charge is 0.256 e. The molecule has 1 N–H and O–H groups in total. The molecule has 2 heterocycles. The van der Waals surface area contributed by atoms with Crippen molar-refractivity contribution < 1.29 is 13.2 Å². The number of aryl methyl sites for hydroxylation is 1. The van der Waals surface area contributed by atoms with Gasteiger partial charge in [0.2, 0.25) is 10.0 Å². The first kappa shape index (κ1) is 21.2. The summed E-state index contributed by atoms with van der Waals surface area (Å²) in [7, 11) is -3.65. The Labute approximate surface area is 190 Å². The highest BCUT2D eigenvalue weighted by molar-refractivity contribution is 7.89. The molecule has 2 aromatic carbocycles. The standard InChI is InChI=1S/C25H29N3O3S/c1-17-6-5-9-20(14-17)28-13-12-27(16-18(28)2)32(30,31)21-10-11-23-22(15-21)24(25(29)26-23)19-7-3-4-8-19/h5-6,9-11,14-15,18H,3-4,7-8,12-13,16H2,1-2H3,(H,26,29). The average Bonchev–Trinajstić information content (AvgIpc) is 3.39. The second-order valence-electron chi connectivity index (χ2n) is 9.09. The molecule has 1 atom stereocenters. The van der Waals surface area contributed by atoms with Gasteiger partial charge in [-0.1, -0.05) is 17.7 Å². The Kier molecular flexibility index (Phi) is 5.34. The summed E-state index contributed by atoms with van der Waals surface area (Å²) in [4.78, 5) is 15.1. The number of allylic oxidation sites excluding steroid dienone is 1. The lowest BCUT2D eigenvalue weighted by Gasteiger charge is -2.40. The second-order valence-corrected chi connectivity index (χ2v) is 11.0. The van der Waals surface area contributed by atoms with E-state index in [2.05, 4.69) is 42.3 Å². The maximum absolute atomic E-state index is 13.5. The van der Waals surface area contributed by atoms with Crippen LogP contribution in [0, 0.1) is 6.92 Å². The van der Waals surface area contributed by atoms with Crippen molar-refractivity contribution in [1.82, 2.24) is 4.31 Å². The number of rotatable bonds is 3. The predicted molar refractivity (Wildman–Crippen MR) is 127 cm³/mol. The van der Waals surface area contributed by atoms with E-state index in [1.807, 2.05) is 6.07 Å². The number of nitrogens with one attached hydrogen (secondary N) is 1. The first-order valence-electron chi connectivity index (χ1n) is 11.4. The van der Waals surface area contributed by atoms with Crippen LogP contribution in [0.4, 0.5) is 11.4 Å². The van der Waals surface area contributed by atoms with Crippen molar-refractivity contribution in [1.29, 1.82) is 0 Å². The van der Waals surface area contributed by atoms with Crippen LogP contribution < -0.4 is 10.2 Å². The molecule has 7 heteroatoms. The summed E-state index contributed by atoms with van der Waals surface area (Å²) in [6, 6.07) is 13.4. The van der Waals surface area contributed by atoms with Crippen molar-refractivity contribution in [3.05, 3.63) is 59.2 Å². The Morgan fingerprint density at radius 1 is 1.03 bits per heavy atom. The van der Waals surface area contributed by atoms with Crippen molar-refractivity contribution in [3.8, 4) is 0 Å². The number of carbonyl (C=O) groups is 1. The van der Waals surface area contributed by atoms with Crippen LogP contribution in [-0.2, 0) is 14.8 Å². The Balaban J connectivity index is 1.42. The topological polar surface area (TPSA) is 69.7 Å². The van der Waals surface area contributed by atoms with Gasteiger partial charge in [0.1, 0.15) is 0 Å². The number of hydrogen-bond acceptors (Lipinski definition) is 4.